The third-order valence-corrected chi connectivity index (χ3v) is 3.88. The van der Waals surface area contributed by atoms with Crippen LogP contribution in [0.4, 0.5) is 5.69 Å². The monoisotopic (exact) mass is 373 g/mol. The van der Waals surface area contributed by atoms with Gasteiger partial charge in [-0.05, 0) is 43.2 Å². The first kappa shape index (κ1) is 19.5. The van der Waals surface area contributed by atoms with Gasteiger partial charge in [-0.1, -0.05) is 36.7 Å². The number of phenols is 1. The molecular formula is C19H20ClN3O3. The van der Waals surface area contributed by atoms with Gasteiger partial charge in [-0.25, -0.2) is 5.43 Å². The van der Waals surface area contributed by atoms with Crippen molar-refractivity contribution in [1.29, 1.82) is 0 Å². The summed E-state index contributed by atoms with van der Waals surface area (Å²) in [4.78, 5) is 24.2. The summed E-state index contributed by atoms with van der Waals surface area (Å²) in [6.07, 6.45) is 0.836. The second kappa shape index (κ2) is 9.01. The minimum atomic E-state index is -0.610. The van der Waals surface area contributed by atoms with Crippen LogP contribution in [0.5, 0.6) is 5.75 Å². The van der Waals surface area contributed by atoms with Crippen molar-refractivity contribution in [3.05, 3.63) is 58.6 Å². The Morgan fingerprint density at radius 3 is 2.65 bits per heavy atom. The highest BCUT2D eigenvalue weighted by atomic mass is 35.5. The predicted molar refractivity (Wildman–Crippen MR) is 103 cm³/mol. The molecule has 0 aliphatic heterocycles. The van der Waals surface area contributed by atoms with Crippen molar-refractivity contribution in [2.24, 2.45) is 5.10 Å². The molecule has 0 aliphatic rings. The zero-order valence-corrected chi connectivity index (χ0v) is 15.3. The summed E-state index contributed by atoms with van der Waals surface area (Å²) >= 11 is 5.81. The normalized spacial score (nSPS) is 11.1. The highest BCUT2D eigenvalue weighted by Crippen LogP contribution is 2.21. The summed E-state index contributed by atoms with van der Waals surface area (Å²) in [5, 5.41) is 16.8. The maximum absolute atomic E-state index is 12.1. The summed E-state index contributed by atoms with van der Waals surface area (Å²) in [5.74, 6) is -1.04. The molecule has 2 rings (SSSR count). The molecule has 136 valence electrons. The van der Waals surface area contributed by atoms with Crippen molar-refractivity contribution in [2.75, 3.05) is 5.32 Å². The van der Waals surface area contributed by atoms with E-state index in [0.717, 1.165) is 17.7 Å². The summed E-state index contributed by atoms with van der Waals surface area (Å²) < 4.78 is 0. The van der Waals surface area contributed by atoms with E-state index in [2.05, 4.69) is 15.8 Å². The van der Waals surface area contributed by atoms with Crippen LogP contribution >= 0.6 is 11.6 Å². The molecule has 6 nitrogen and oxygen atoms in total. The number of para-hydroxylation sites is 1. The number of aromatic hydroxyl groups is 1. The van der Waals surface area contributed by atoms with Crippen LogP contribution in [0, 0.1) is 0 Å². The Hall–Kier alpha value is -2.86. The van der Waals surface area contributed by atoms with Crippen molar-refractivity contribution in [3.63, 3.8) is 0 Å². The van der Waals surface area contributed by atoms with Gasteiger partial charge >= 0.3 is 0 Å². The van der Waals surface area contributed by atoms with Crippen molar-refractivity contribution in [1.82, 2.24) is 5.43 Å². The van der Waals surface area contributed by atoms with E-state index in [1.165, 1.54) is 18.2 Å². The van der Waals surface area contributed by atoms with Crippen LogP contribution in [0.25, 0.3) is 0 Å². The van der Waals surface area contributed by atoms with Gasteiger partial charge in [0.15, 0.2) is 0 Å². The smallest absolute Gasteiger partial charge is 0.275 e. The first-order valence-electron chi connectivity index (χ1n) is 8.10. The first-order chi connectivity index (χ1) is 12.4. The average molecular weight is 374 g/mol. The summed E-state index contributed by atoms with van der Waals surface area (Å²) in [6.45, 7) is 3.64. The molecule has 0 radical (unpaired) electrons. The molecule has 7 heteroatoms. The lowest BCUT2D eigenvalue weighted by atomic mass is 10.1. The van der Waals surface area contributed by atoms with Gasteiger partial charge in [-0.2, -0.15) is 5.10 Å². The SMILES string of the molecule is CCc1ccccc1NC(=O)CC(C)=NNC(=O)c1cc(Cl)ccc1O. The van der Waals surface area contributed by atoms with E-state index in [4.69, 9.17) is 11.6 Å². The van der Waals surface area contributed by atoms with Gasteiger partial charge in [0, 0.05) is 16.4 Å². The van der Waals surface area contributed by atoms with E-state index in [9.17, 15) is 14.7 Å². The number of aryl methyl sites for hydroxylation is 1. The maximum Gasteiger partial charge on any atom is 0.275 e. The van der Waals surface area contributed by atoms with Crippen LogP contribution in [0.15, 0.2) is 47.6 Å². The second-order valence-electron chi connectivity index (χ2n) is 5.69. The van der Waals surface area contributed by atoms with Crippen LogP contribution in [0.3, 0.4) is 0 Å². The molecule has 0 heterocycles. The van der Waals surface area contributed by atoms with Crippen LogP contribution in [-0.2, 0) is 11.2 Å². The predicted octanol–water partition coefficient (Wildman–Crippen LogP) is 3.74. The lowest BCUT2D eigenvalue weighted by Gasteiger charge is -2.09. The number of carbonyl (C=O) groups is 2. The number of amides is 2. The molecule has 0 aromatic heterocycles. The average Bonchev–Trinajstić information content (AvgIpc) is 2.62. The molecule has 0 saturated heterocycles. The number of hydrazone groups is 1. The van der Waals surface area contributed by atoms with Gasteiger partial charge in [0.25, 0.3) is 5.91 Å². The Balaban J connectivity index is 1.96. The number of phenolic OH excluding ortho intramolecular Hbond substituents is 1. The summed E-state index contributed by atoms with van der Waals surface area (Å²) in [6, 6.07) is 11.7. The number of hydrogen-bond donors (Lipinski definition) is 3. The molecule has 0 bridgehead atoms. The molecule has 0 unspecified atom stereocenters. The van der Waals surface area contributed by atoms with Gasteiger partial charge in [0.1, 0.15) is 5.75 Å². The molecular weight excluding hydrogens is 354 g/mol. The van der Waals surface area contributed by atoms with Gasteiger partial charge in [0.2, 0.25) is 5.91 Å². The minimum absolute atomic E-state index is 0.00961. The van der Waals surface area contributed by atoms with Crippen LogP contribution in [-0.4, -0.2) is 22.6 Å². The van der Waals surface area contributed by atoms with Gasteiger partial charge in [-0.3, -0.25) is 9.59 Å². The van der Waals surface area contributed by atoms with Crippen LogP contribution < -0.4 is 10.7 Å². The molecule has 2 aromatic rings. The second-order valence-corrected chi connectivity index (χ2v) is 6.12. The maximum atomic E-state index is 12.1. The van der Waals surface area contributed by atoms with Gasteiger partial charge in [0.05, 0.1) is 12.0 Å². The Kier molecular flexibility index (Phi) is 6.74. The topological polar surface area (TPSA) is 90.8 Å². The number of nitrogens with one attached hydrogen (secondary N) is 2. The number of carbonyl (C=O) groups excluding carboxylic acids is 2. The fourth-order valence-corrected chi connectivity index (χ4v) is 2.49. The Labute approximate surface area is 156 Å². The Morgan fingerprint density at radius 1 is 1.19 bits per heavy atom. The molecule has 0 fully saturated rings. The molecule has 2 amide bonds. The number of rotatable bonds is 6. The number of anilines is 1. The van der Waals surface area contributed by atoms with Crippen LogP contribution in [0.2, 0.25) is 5.02 Å². The van der Waals surface area contributed by atoms with Gasteiger partial charge in [-0.15, -0.1) is 0 Å². The third-order valence-electron chi connectivity index (χ3n) is 3.64. The van der Waals surface area contributed by atoms with Crippen molar-refractivity contribution >= 4 is 34.8 Å². The number of hydrogen-bond acceptors (Lipinski definition) is 4. The molecule has 3 N–H and O–H groups in total. The molecule has 0 spiro atoms. The summed E-state index contributed by atoms with van der Waals surface area (Å²) in [5.41, 5.74) is 4.55. The molecule has 2 aromatic carbocycles. The van der Waals surface area contributed by atoms with E-state index in [1.807, 2.05) is 31.2 Å². The fourth-order valence-electron chi connectivity index (χ4n) is 2.31. The molecule has 0 atom stereocenters. The van der Waals surface area contributed by atoms with Crippen LogP contribution in [0.1, 0.15) is 36.2 Å². The first-order valence-corrected chi connectivity index (χ1v) is 8.48. The zero-order chi connectivity index (χ0) is 19.1. The van der Waals surface area contributed by atoms with E-state index < -0.39 is 5.91 Å². The Morgan fingerprint density at radius 2 is 1.92 bits per heavy atom. The largest absolute Gasteiger partial charge is 0.507 e. The lowest BCUT2D eigenvalue weighted by molar-refractivity contribution is -0.115. The molecule has 0 saturated carbocycles. The lowest BCUT2D eigenvalue weighted by Crippen LogP contribution is -2.21. The number of benzene rings is 2. The third kappa shape index (κ3) is 5.32. The number of nitrogens with zero attached hydrogens (tertiary/aromatic N) is 1. The zero-order valence-electron chi connectivity index (χ0n) is 14.5. The van der Waals surface area contributed by atoms with E-state index in [0.29, 0.717) is 10.7 Å². The van der Waals surface area contributed by atoms with Crippen molar-refractivity contribution in [3.8, 4) is 5.75 Å². The van der Waals surface area contributed by atoms with E-state index in [1.54, 1.807) is 6.92 Å². The van der Waals surface area contributed by atoms with Crippen molar-refractivity contribution in [2.45, 2.75) is 26.7 Å². The highest BCUT2D eigenvalue weighted by Gasteiger charge is 2.12. The number of halogens is 1. The molecule has 26 heavy (non-hydrogen) atoms. The summed E-state index contributed by atoms with van der Waals surface area (Å²) in [7, 11) is 0. The Bertz CT molecular complexity index is 850. The van der Waals surface area contributed by atoms with E-state index in [-0.39, 0.29) is 23.6 Å². The quantitative estimate of drug-likeness (QED) is 0.532. The highest BCUT2D eigenvalue weighted by molar-refractivity contribution is 6.31. The van der Waals surface area contributed by atoms with Gasteiger partial charge < -0.3 is 10.4 Å². The van der Waals surface area contributed by atoms with Crippen molar-refractivity contribution < 1.29 is 14.7 Å². The standard InChI is InChI=1S/C19H20ClN3O3/c1-3-13-6-4-5-7-16(13)21-18(25)10-12(2)22-23-19(26)15-11-14(20)8-9-17(15)24/h4-9,11,24H,3,10H2,1-2H3,(H,21,25)(H,23,26). The van der Waals surface area contributed by atoms with E-state index >= 15 is 0 Å². The molecule has 0 aliphatic carbocycles. The fraction of sp³-hybridized carbons (Fsp3) is 0.211. The minimum Gasteiger partial charge on any atom is -0.507 e.